The summed E-state index contributed by atoms with van der Waals surface area (Å²) in [5.74, 6) is 1.50. The number of amides is 3. The molecule has 0 saturated carbocycles. The quantitative estimate of drug-likeness (QED) is 0.907. The molecule has 0 spiro atoms. The first-order valence-electron chi connectivity index (χ1n) is 8.00. The van der Waals surface area contributed by atoms with Crippen molar-refractivity contribution in [3.63, 3.8) is 0 Å². The van der Waals surface area contributed by atoms with Gasteiger partial charge in [-0.3, -0.25) is 10.1 Å². The molecule has 0 radical (unpaired) electrons. The van der Waals surface area contributed by atoms with Crippen molar-refractivity contribution in [1.29, 1.82) is 0 Å². The molecule has 7 heteroatoms. The number of piperazine rings is 1. The lowest BCUT2D eigenvalue weighted by atomic mass is 9.94. The SMILES string of the molecule is CC(C)c1cc(NC(=O)N2CCN(C(=O)C(C)(C)C)CC2)no1. The standard InChI is InChI=1S/C16H26N4O3/c1-11(2)12-10-13(18-23-12)17-15(22)20-8-6-19(7-9-20)14(21)16(3,4)5/h10-11H,6-9H2,1-5H3,(H,17,18,22). The number of carbonyl (C=O) groups is 2. The Kier molecular flexibility index (Phi) is 4.97. The Labute approximate surface area is 137 Å². The van der Waals surface area contributed by atoms with Crippen molar-refractivity contribution in [1.82, 2.24) is 15.0 Å². The summed E-state index contributed by atoms with van der Waals surface area (Å²) in [5.41, 5.74) is -0.390. The summed E-state index contributed by atoms with van der Waals surface area (Å²) in [4.78, 5) is 28.0. The number of hydrogen-bond acceptors (Lipinski definition) is 4. The maximum atomic E-state index is 12.2. The van der Waals surface area contributed by atoms with Crippen LogP contribution in [0.25, 0.3) is 0 Å². The lowest BCUT2D eigenvalue weighted by Gasteiger charge is -2.37. The fraction of sp³-hybridized carbons (Fsp3) is 0.688. The molecule has 1 aliphatic rings. The second kappa shape index (κ2) is 6.60. The van der Waals surface area contributed by atoms with Gasteiger partial charge in [-0.05, 0) is 0 Å². The highest BCUT2D eigenvalue weighted by atomic mass is 16.5. The van der Waals surface area contributed by atoms with Gasteiger partial charge in [-0.2, -0.15) is 0 Å². The number of anilines is 1. The third-order valence-electron chi connectivity index (χ3n) is 3.83. The molecule has 0 aromatic carbocycles. The third-order valence-corrected chi connectivity index (χ3v) is 3.83. The van der Waals surface area contributed by atoms with Crippen molar-refractivity contribution in [3.8, 4) is 0 Å². The van der Waals surface area contributed by atoms with Crippen molar-refractivity contribution in [2.24, 2.45) is 5.41 Å². The van der Waals surface area contributed by atoms with Crippen LogP contribution in [-0.2, 0) is 4.79 Å². The summed E-state index contributed by atoms with van der Waals surface area (Å²) in [5, 5.41) is 6.59. The highest BCUT2D eigenvalue weighted by molar-refractivity contribution is 5.88. The van der Waals surface area contributed by atoms with Crippen LogP contribution in [0.1, 0.15) is 46.3 Å². The van der Waals surface area contributed by atoms with Gasteiger partial charge in [0, 0.05) is 43.6 Å². The van der Waals surface area contributed by atoms with E-state index in [4.69, 9.17) is 4.52 Å². The zero-order valence-electron chi connectivity index (χ0n) is 14.5. The maximum absolute atomic E-state index is 12.2. The minimum absolute atomic E-state index is 0.121. The molecule has 2 rings (SSSR count). The van der Waals surface area contributed by atoms with Crippen LogP contribution in [0.3, 0.4) is 0 Å². The fourth-order valence-electron chi connectivity index (χ4n) is 2.40. The molecular weight excluding hydrogens is 296 g/mol. The molecule has 0 aliphatic carbocycles. The van der Waals surface area contributed by atoms with Crippen LogP contribution in [0.2, 0.25) is 0 Å². The molecule has 1 saturated heterocycles. The molecule has 1 aromatic heterocycles. The molecule has 1 aliphatic heterocycles. The first-order chi connectivity index (χ1) is 10.7. The second-order valence-electron chi connectivity index (χ2n) is 7.23. The summed E-state index contributed by atoms with van der Waals surface area (Å²) in [7, 11) is 0. The zero-order valence-corrected chi connectivity index (χ0v) is 14.5. The third kappa shape index (κ3) is 4.24. The molecule has 0 bridgehead atoms. The van der Waals surface area contributed by atoms with Gasteiger partial charge in [-0.25, -0.2) is 4.79 Å². The summed E-state index contributed by atoms with van der Waals surface area (Å²) in [6, 6.07) is 1.53. The van der Waals surface area contributed by atoms with Gasteiger partial charge < -0.3 is 14.3 Å². The normalized spacial score (nSPS) is 15.9. The summed E-state index contributed by atoms with van der Waals surface area (Å²) < 4.78 is 5.16. The van der Waals surface area contributed by atoms with Crippen LogP contribution in [0.5, 0.6) is 0 Å². The molecule has 2 heterocycles. The van der Waals surface area contributed by atoms with E-state index in [1.807, 2.05) is 39.5 Å². The fourth-order valence-corrected chi connectivity index (χ4v) is 2.40. The lowest BCUT2D eigenvalue weighted by molar-refractivity contribution is -0.140. The van der Waals surface area contributed by atoms with Crippen LogP contribution in [0.4, 0.5) is 10.6 Å². The minimum atomic E-state index is -0.390. The highest BCUT2D eigenvalue weighted by Gasteiger charge is 2.31. The minimum Gasteiger partial charge on any atom is -0.359 e. The van der Waals surface area contributed by atoms with E-state index in [-0.39, 0.29) is 17.9 Å². The van der Waals surface area contributed by atoms with Crippen LogP contribution >= 0.6 is 0 Å². The molecule has 1 aromatic rings. The molecule has 128 valence electrons. The van der Waals surface area contributed by atoms with Gasteiger partial charge in [-0.1, -0.05) is 39.8 Å². The molecule has 0 unspecified atom stereocenters. The Morgan fingerprint density at radius 2 is 1.74 bits per heavy atom. The average molecular weight is 322 g/mol. The molecular formula is C16H26N4O3. The smallest absolute Gasteiger partial charge is 0.323 e. The Morgan fingerprint density at radius 1 is 1.17 bits per heavy atom. The monoisotopic (exact) mass is 322 g/mol. The average Bonchev–Trinajstić information content (AvgIpc) is 2.94. The van der Waals surface area contributed by atoms with Gasteiger partial charge in [0.25, 0.3) is 0 Å². The van der Waals surface area contributed by atoms with Crippen LogP contribution in [-0.4, -0.2) is 53.1 Å². The summed E-state index contributed by atoms with van der Waals surface area (Å²) in [6.07, 6.45) is 0. The number of aromatic nitrogens is 1. The van der Waals surface area contributed by atoms with Crippen LogP contribution in [0, 0.1) is 5.41 Å². The zero-order chi connectivity index (χ0) is 17.2. The molecule has 0 atom stereocenters. The number of hydrogen-bond donors (Lipinski definition) is 1. The molecule has 1 fully saturated rings. The Balaban J connectivity index is 1.87. The van der Waals surface area contributed by atoms with E-state index in [1.165, 1.54) is 0 Å². The van der Waals surface area contributed by atoms with Crippen molar-refractivity contribution in [2.75, 3.05) is 31.5 Å². The second-order valence-corrected chi connectivity index (χ2v) is 7.23. The Hall–Kier alpha value is -2.05. The van der Waals surface area contributed by atoms with Gasteiger partial charge in [0.1, 0.15) is 5.76 Å². The van der Waals surface area contributed by atoms with E-state index < -0.39 is 5.41 Å². The van der Waals surface area contributed by atoms with Gasteiger partial charge >= 0.3 is 6.03 Å². The van der Waals surface area contributed by atoms with E-state index >= 15 is 0 Å². The highest BCUT2D eigenvalue weighted by Crippen LogP contribution is 2.20. The predicted octanol–water partition coefficient (Wildman–Crippen LogP) is 2.52. The Morgan fingerprint density at radius 3 is 2.22 bits per heavy atom. The molecule has 3 amide bonds. The molecule has 7 nitrogen and oxygen atoms in total. The van der Waals surface area contributed by atoms with Gasteiger partial charge in [0.05, 0.1) is 0 Å². The topological polar surface area (TPSA) is 78.7 Å². The van der Waals surface area contributed by atoms with E-state index in [0.29, 0.717) is 32.0 Å². The number of urea groups is 1. The van der Waals surface area contributed by atoms with Crippen LogP contribution in [0.15, 0.2) is 10.6 Å². The van der Waals surface area contributed by atoms with Crippen molar-refractivity contribution < 1.29 is 14.1 Å². The summed E-state index contributed by atoms with van der Waals surface area (Å²) >= 11 is 0. The van der Waals surface area contributed by atoms with Crippen molar-refractivity contribution in [2.45, 2.75) is 40.5 Å². The summed E-state index contributed by atoms with van der Waals surface area (Å²) in [6.45, 7) is 11.9. The van der Waals surface area contributed by atoms with Crippen molar-refractivity contribution >= 4 is 17.8 Å². The van der Waals surface area contributed by atoms with Crippen molar-refractivity contribution in [3.05, 3.63) is 11.8 Å². The first kappa shape index (κ1) is 17.3. The molecule has 23 heavy (non-hydrogen) atoms. The van der Waals surface area contributed by atoms with Gasteiger partial charge in [-0.15, -0.1) is 0 Å². The van der Waals surface area contributed by atoms with E-state index in [1.54, 1.807) is 11.0 Å². The maximum Gasteiger partial charge on any atom is 0.323 e. The van der Waals surface area contributed by atoms with Gasteiger partial charge in [0.2, 0.25) is 5.91 Å². The Bertz CT molecular complexity index is 566. The number of rotatable bonds is 2. The lowest BCUT2D eigenvalue weighted by Crippen LogP contribution is -2.53. The molecule has 1 N–H and O–H groups in total. The van der Waals surface area contributed by atoms with E-state index in [9.17, 15) is 9.59 Å². The van der Waals surface area contributed by atoms with Gasteiger partial charge in [0.15, 0.2) is 5.82 Å². The van der Waals surface area contributed by atoms with Crippen LogP contribution < -0.4 is 5.32 Å². The predicted molar refractivity (Wildman–Crippen MR) is 87.2 cm³/mol. The number of nitrogens with one attached hydrogen (secondary N) is 1. The largest absolute Gasteiger partial charge is 0.359 e. The van der Waals surface area contributed by atoms with E-state index in [0.717, 1.165) is 5.76 Å². The van der Waals surface area contributed by atoms with E-state index in [2.05, 4.69) is 10.5 Å². The first-order valence-corrected chi connectivity index (χ1v) is 8.00. The number of nitrogens with zero attached hydrogens (tertiary/aromatic N) is 3. The number of carbonyl (C=O) groups excluding carboxylic acids is 2.